The third-order valence-corrected chi connectivity index (χ3v) is 5.30. The Labute approximate surface area is 179 Å². The Balaban J connectivity index is 1.78. The Bertz CT molecular complexity index is 1290. The fourth-order valence-electron chi connectivity index (χ4n) is 3.43. The van der Waals surface area contributed by atoms with Gasteiger partial charge in [0.1, 0.15) is 0 Å². The van der Waals surface area contributed by atoms with Gasteiger partial charge >= 0.3 is 0 Å². The number of hydrogen-bond donors (Lipinski definition) is 1. The summed E-state index contributed by atoms with van der Waals surface area (Å²) in [6.07, 6.45) is 0. The molecule has 0 radical (unpaired) electrons. The van der Waals surface area contributed by atoms with E-state index in [0.29, 0.717) is 21.8 Å². The normalized spacial score (nSPS) is 10.9. The topological polar surface area (TPSA) is 53.2 Å². The predicted molar refractivity (Wildman–Crippen MR) is 122 cm³/mol. The highest BCUT2D eigenvalue weighted by atomic mass is 35.5. The zero-order valence-corrected chi connectivity index (χ0v) is 17.5. The average Bonchev–Trinajstić information content (AvgIpc) is 2.72. The van der Waals surface area contributed by atoms with E-state index in [1.54, 1.807) is 29.2 Å². The van der Waals surface area contributed by atoms with Crippen molar-refractivity contribution in [1.82, 2.24) is 4.98 Å². The number of pyridine rings is 1. The van der Waals surface area contributed by atoms with Crippen LogP contribution in [0.3, 0.4) is 0 Å². The van der Waals surface area contributed by atoms with Gasteiger partial charge in [-0.25, -0.2) is 0 Å². The van der Waals surface area contributed by atoms with Gasteiger partial charge in [0.05, 0.1) is 6.54 Å². The van der Waals surface area contributed by atoms with E-state index in [-0.39, 0.29) is 18.0 Å². The molecule has 0 spiro atoms. The van der Waals surface area contributed by atoms with Crippen LogP contribution in [0.2, 0.25) is 5.02 Å². The minimum atomic E-state index is -0.218. The van der Waals surface area contributed by atoms with Crippen LogP contribution in [0.5, 0.6) is 0 Å². The number of carbonyl (C=O) groups is 1. The predicted octanol–water partition coefficient (Wildman–Crippen LogP) is 5.65. The van der Waals surface area contributed by atoms with Crippen LogP contribution in [0.1, 0.15) is 27.0 Å². The smallest absolute Gasteiger partial charge is 0.258 e. The van der Waals surface area contributed by atoms with Crippen molar-refractivity contribution in [1.29, 1.82) is 0 Å². The van der Waals surface area contributed by atoms with Gasteiger partial charge in [0.15, 0.2) is 0 Å². The fourth-order valence-corrected chi connectivity index (χ4v) is 3.62. The molecular weight excluding hydrogens is 396 g/mol. The molecule has 150 valence electrons. The first-order chi connectivity index (χ1) is 14.4. The molecule has 0 unspecified atom stereocenters. The van der Waals surface area contributed by atoms with Crippen LogP contribution < -0.4 is 10.5 Å². The van der Waals surface area contributed by atoms with Crippen molar-refractivity contribution in [3.05, 3.63) is 110 Å². The van der Waals surface area contributed by atoms with Crippen molar-refractivity contribution < 1.29 is 4.79 Å². The van der Waals surface area contributed by atoms with E-state index >= 15 is 0 Å². The molecule has 0 aliphatic carbocycles. The summed E-state index contributed by atoms with van der Waals surface area (Å²) < 4.78 is 0. The number of carbonyl (C=O) groups excluding carboxylic acids is 1. The molecule has 1 aromatic heterocycles. The number of fused-ring (bicyclic) bond motifs is 1. The van der Waals surface area contributed by atoms with Crippen molar-refractivity contribution in [2.24, 2.45) is 0 Å². The highest BCUT2D eigenvalue weighted by molar-refractivity contribution is 6.31. The van der Waals surface area contributed by atoms with E-state index in [2.05, 4.69) is 4.98 Å². The molecule has 1 amide bonds. The molecule has 0 aliphatic rings. The highest BCUT2D eigenvalue weighted by Crippen LogP contribution is 2.22. The summed E-state index contributed by atoms with van der Waals surface area (Å²) in [6.45, 7) is 4.12. The van der Waals surface area contributed by atoms with Crippen LogP contribution in [0.15, 0.2) is 77.6 Å². The quantitative estimate of drug-likeness (QED) is 0.467. The van der Waals surface area contributed by atoms with Gasteiger partial charge in [-0.05, 0) is 67.3 Å². The number of aromatic amines is 1. The lowest BCUT2D eigenvalue weighted by Crippen LogP contribution is -2.32. The summed E-state index contributed by atoms with van der Waals surface area (Å²) in [5.74, 6) is -0.218. The molecule has 4 nitrogen and oxygen atoms in total. The summed E-state index contributed by atoms with van der Waals surface area (Å²) in [5.41, 5.74) is 4.44. The Morgan fingerprint density at radius 1 is 0.933 bits per heavy atom. The number of benzene rings is 3. The van der Waals surface area contributed by atoms with E-state index in [4.69, 9.17) is 11.6 Å². The van der Waals surface area contributed by atoms with Crippen LogP contribution in [0, 0.1) is 13.8 Å². The molecule has 0 bridgehead atoms. The van der Waals surface area contributed by atoms with Gasteiger partial charge in [0.2, 0.25) is 0 Å². The van der Waals surface area contributed by atoms with Crippen molar-refractivity contribution >= 4 is 34.1 Å². The van der Waals surface area contributed by atoms with Crippen LogP contribution >= 0.6 is 11.6 Å². The molecule has 1 N–H and O–H groups in total. The zero-order chi connectivity index (χ0) is 21.3. The lowest BCUT2D eigenvalue weighted by atomic mass is 10.1. The number of nitrogens with zero attached hydrogens (tertiary/aromatic N) is 1. The Morgan fingerprint density at radius 2 is 1.67 bits per heavy atom. The van der Waals surface area contributed by atoms with Crippen LogP contribution in [0.4, 0.5) is 5.69 Å². The number of anilines is 1. The molecule has 4 aromatic rings. The van der Waals surface area contributed by atoms with E-state index in [1.807, 2.05) is 62.4 Å². The number of amides is 1. The van der Waals surface area contributed by atoms with Gasteiger partial charge in [-0.2, -0.15) is 0 Å². The van der Waals surface area contributed by atoms with E-state index in [0.717, 1.165) is 22.0 Å². The number of H-pyrrole nitrogens is 1. The number of aryl methyl sites for hydroxylation is 2. The Kier molecular flexibility index (Phi) is 5.42. The van der Waals surface area contributed by atoms with Gasteiger partial charge in [-0.3, -0.25) is 9.59 Å². The van der Waals surface area contributed by atoms with Crippen LogP contribution in [0.25, 0.3) is 10.9 Å². The van der Waals surface area contributed by atoms with Crippen LogP contribution in [-0.2, 0) is 6.54 Å². The van der Waals surface area contributed by atoms with E-state index < -0.39 is 0 Å². The van der Waals surface area contributed by atoms with E-state index in [1.165, 1.54) is 0 Å². The number of halogens is 1. The third kappa shape index (κ3) is 4.14. The molecule has 1 heterocycles. The molecule has 0 saturated carbocycles. The highest BCUT2D eigenvalue weighted by Gasteiger charge is 2.20. The van der Waals surface area contributed by atoms with Crippen LogP contribution in [-0.4, -0.2) is 10.9 Å². The van der Waals surface area contributed by atoms with E-state index in [9.17, 15) is 9.59 Å². The van der Waals surface area contributed by atoms with Crippen molar-refractivity contribution in [2.75, 3.05) is 4.90 Å². The number of aromatic nitrogens is 1. The first-order valence-electron chi connectivity index (χ1n) is 9.67. The molecule has 0 fully saturated rings. The maximum Gasteiger partial charge on any atom is 0.258 e. The second-order valence-corrected chi connectivity index (χ2v) is 7.89. The van der Waals surface area contributed by atoms with Gasteiger partial charge in [0, 0.05) is 27.4 Å². The molecule has 5 heteroatoms. The SMILES string of the molecule is Cc1ccc(N(Cc2cc3ccc(C)cc3[nH]c2=O)C(=O)c2cccc(Cl)c2)cc1. The Morgan fingerprint density at radius 3 is 2.40 bits per heavy atom. The van der Waals surface area contributed by atoms with Crippen molar-refractivity contribution in [2.45, 2.75) is 20.4 Å². The summed E-state index contributed by atoms with van der Waals surface area (Å²) in [5, 5.41) is 1.41. The zero-order valence-electron chi connectivity index (χ0n) is 16.8. The molecule has 0 saturated heterocycles. The summed E-state index contributed by atoms with van der Waals surface area (Å²) in [6, 6.07) is 22.3. The molecule has 30 heavy (non-hydrogen) atoms. The van der Waals surface area contributed by atoms with Gasteiger partial charge < -0.3 is 9.88 Å². The average molecular weight is 417 g/mol. The van der Waals surface area contributed by atoms with Crippen molar-refractivity contribution in [3.63, 3.8) is 0 Å². The standard InChI is InChI=1S/C25H21ClN2O2/c1-16-7-10-22(11-8-16)28(25(30)19-4-3-5-21(26)14-19)15-20-13-18-9-6-17(2)12-23(18)27-24(20)29/h3-14H,15H2,1-2H3,(H,27,29). The largest absolute Gasteiger partial charge is 0.322 e. The number of nitrogens with one attached hydrogen (secondary N) is 1. The van der Waals surface area contributed by atoms with Crippen molar-refractivity contribution in [3.8, 4) is 0 Å². The monoisotopic (exact) mass is 416 g/mol. The second kappa shape index (κ2) is 8.17. The third-order valence-electron chi connectivity index (χ3n) is 5.07. The van der Waals surface area contributed by atoms with Gasteiger partial charge in [-0.1, -0.05) is 47.5 Å². The molecular formula is C25H21ClN2O2. The molecule has 4 rings (SSSR count). The second-order valence-electron chi connectivity index (χ2n) is 7.45. The Hall–Kier alpha value is -3.37. The fraction of sp³-hybridized carbons (Fsp3) is 0.120. The minimum Gasteiger partial charge on any atom is -0.322 e. The van der Waals surface area contributed by atoms with Gasteiger partial charge in [-0.15, -0.1) is 0 Å². The molecule has 0 aliphatic heterocycles. The summed E-state index contributed by atoms with van der Waals surface area (Å²) >= 11 is 6.10. The first-order valence-corrected chi connectivity index (χ1v) is 10.1. The molecule has 3 aromatic carbocycles. The summed E-state index contributed by atoms with van der Waals surface area (Å²) in [7, 11) is 0. The number of hydrogen-bond acceptors (Lipinski definition) is 2. The maximum absolute atomic E-state index is 13.4. The lowest BCUT2D eigenvalue weighted by Gasteiger charge is -2.23. The lowest BCUT2D eigenvalue weighted by molar-refractivity contribution is 0.0985. The maximum atomic E-state index is 13.4. The molecule has 0 atom stereocenters. The number of rotatable bonds is 4. The first kappa shape index (κ1) is 19.9. The van der Waals surface area contributed by atoms with Gasteiger partial charge in [0.25, 0.3) is 11.5 Å². The summed E-state index contributed by atoms with van der Waals surface area (Å²) in [4.78, 5) is 30.7. The minimum absolute atomic E-state index is 0.146.